The Balaban J connectivity index is 2.29. The lowest BCUT2D eigenvalue weighted by Gasteiger charge is -2.19. The highest BCUT2D eigenvalue weighted by atomic mass is 35.5. The number of carbonyl (C=O) groups is 1. The summed E-state index contributed by atoms with van der Waals surface area (Å²) >= 11 is 6.37. The van der Waals surface area contributed by atoms with Crippen molar-refractivity contribution in [3.8, 4) is 23.5 Å². The van der Waals surface area contributed by atoms with E-state index in [0.29, 0.717) is 11.1 Å². The van der Waals surface area contributed by atoms with Gasteiger partial charge >= 0.3 is 0 Å². The summed E-state index contributed by atoms with van der Waals surface area (Å²) in [4.78, 5) is 18.0. The highest BCUT2D eigenvalue weighted by Crippen LogP contribution is 2.41. The van der Waals surface area contributed by atoms with E-state index in [-0.39, 0.29) is 21.8 Å². The molecule has 0 atom stereocenters. The van der Waals surface area contributed by atoms with Crippen molar-refractivity contribution in [3.63, 3.8) is 0 Å². The first kappa shape index (κ1) is 20.8. The van der Waals surface area contributed by atoms with Crippen LogP contribution in [0, 0.1) is 18.2 Å². The molecule has 1 fully saturated rings. The molecular formula is C21H20ClFN4O2. The van der Waals surface area contributed by atoms with Gasteiger partial charge in [-0.05, 0) is 36.6 Å². The zero-order valence-electron chi connectivity index (χ0n) is 16.2. The van der Waals surface area contributed by atoms with E-state index in [4.69, 9.17) is 22.9 Å². The van der Waals surface area contributed by atoms with Crippen LogP contribution in [0.3, 0.4) is 0 Å². The lowest BCUT2D eigenvalue weighted by Crippen LogP contribution is -2.26. The number of hydrogen-bond donors (Lipinski definition) is 0. The van der Waals surface area contributed by atoms with Crippen molar-refractivity contribution < 1.29 is 14.0 Å². The average molecular weight is 415 g/mol. The molecule has 0 saturated carbocycles. The van der Waals surface area contributed by atoms with E-state index in [2.05, 4.69) is 16.3 Å². The predicted octanol–water partition coefficient (Wildman–Crippen LogP) is 4.86. The van der Waals surface area contributed by atoms with Gasteiger partial charge in [-0.15, -0.1) is 11.5 Å². The quantitative estimate of drug-likeness (QED) is 0.399. The Morgan fingerprint density at radius 3 is 2.69 bits per heavy atom. The maximum atomic E-state index is 14.0. The highest BCUT2D eigenvalue weighted by Gasteiger charge is 2.25. The van der Waals surface area contributed by atoms with E-state index < -0.39 is 11.7 Å². The molecule has 0 aromatic heterocycles. The molecule has 150 valence electrons. The normalized spacial score (nSPS) is 13.7. The van der Waals surface area contributed by atoms with E-state index in [1.165, 1.54) is 32.4 Å². The summed E-state index contributed by atoms with van der Waals surface area (Å²) in [5, 5.41) is 11.7. The van der Waals surface area contributed by atoms with Crippen LogP contribution < -0.4 is 0 Å². The third-order valence-electron chi connectivity index (χ3n) is 4.65. The number of hydroxylamine groups is 2. The number of terminal acetylenes is 1. The van der Waals surface area contributed by atoms with Crippen LogP contribution in [0.2, 0.25) is 5.02 Å². The van der Waals surface area contributed by atoms with Crippen molar-refractivity contribution in [2.24, 2.45) is 10.3 Å². The van der Waals surface area contributed by atoms with Crippen LogP contribution in [0.15, 0.2) is 40.7 Å². The van der Waals surface area contributed by atoms with Crippen LogP contribution >= 0.6 is 11.6 Å². The average Bonchev–Trinajstić information content (AvgIpc) is 3.24. The Morgan fingerprint density at radius 1 is 1.34 bits per heavy atom. The molecule has 3 rings (SSSR count). The van der Waals surface area contributed by atoms with Crippen molar-refractivity contribution >= 4 is 23.2 Å². The fourth-order valence-electron chi connectivity index (χ4n) is 3.13. The minimum Gasteiger partial charge on any atom is -0.278 e. The van der Waals surface area contributed by atoms with E-state index in [9.17, 15) is 9.18 Å². The second-order valence-electron chi connectivity index (χ2n) is 6.49. The molecule has 0 spiro atoms. The largest absolute Gasteiger partial charge is 0.278 e. The lowest BCUT2D eigenvalue weighted by atomic mass is 9.94. The third-order valence-corrected chi connectivity index (χ3v) is 4.95. The molecule has 6 nitrogen and oxygen atoms in total. The summed E-state index contributed by atoms with van der Waals surface area (Å²) in [6.07, 6.45) is 7.73. The summed E-state index contributed by atoms with van der Waals surface area (Å²) < 4.78 is 14.0. The number of halogens is 2. The van der Waals surface area contributed by atoms with Gasteiger partial charge < -0.3 is 0 Å². The fraction of sp³-hybridized carbons (Fsp3) is 0.286. The molecule has 8 heteroatoms. The summed E-state index contributed by atoms with van der Waals surface area (Å²) in [5.74, 6) is 1.58. The fourth-order valence-corrected chi connectivity index (χ4v) is 3.38. The first-order valence-electron chi connectivity index (χ1n) is 9.04. The zero-order chi connectivity index (χ0) is 21.0. The molecule has 0 N–H and O–H groups in total. The number of amides is 1. The minimum absolute atomic E-state index is 0.177. The van der Waals surface area contributed by atoms with Gasteiger partial charge in [0.05, 0.1) is 23.3 Å². The SMILES string of the molecule is C#Cc1c(Cl)cc(C(=O)N(C)OC)c(-c2cccc(F)c2)c1N=NN1CCCC1. The number of hydrogen-bond acceptors (Lipinski definition) is 4. The van der Waals surface area contributed by atoms with Gasteiger partial charge in [-0.1, -0.05) is 34.9 Å². The molecule has 0 radical (unpaired) electrons. The molecular weight excluding hydrogens is 395 g/mol. The van der Waals surface area contributed by atoms with Gasteiger partial charge in [0, 0.05) is 25.7 Å². The second-order valence-corrected chi connectivity index (χ2v) is 6.90. The van der Waals surface area contributed by atoms with Crippen LogP contribution in [0.1, 0.15) is 28.8 Å². The van der Waals surface area contributed by atoms with Gasteiger partial charge in [-0.25, -0.2) is 9.45 Å². The summed E-state index contributed by atoms with van der Waals surface area (Å²) in [5.41, 5.74) is 1.48. The van der Waals surface area contributed by atoms with Gasteiger partial charge in [0.25, 0.3) is 5.91 Å². The van der Waals surface area contributed by atoms with E-state index >= 15 is 0 Å². The van der Waals surface area contributed by atoms with Crippen LogP contribution in [0.4, 0.5) is 10.1 Å². The Bertz CT molecular complexity index is 997. The van der Waals surface area contributed by atoms with E-state index in [0.717, 1.165) is 31.0 Å². The van der Waals surface area contributed by atoms with E-state index in [1.54, 1.807) is 12.1 Å². The summed E-state index contributed by atoms with van der Waals surface area (Å²) in [6, 6.07) is 7.29. The van der Waals surface area contributed by atoms with Gasteiger partial charge in [-0.3, -0.25) is 14.6 Å². The van der Waals surface area contributed by atoms with Crippen molar-refractivity contribution in [1.82, 2.24) is 10.1 Å². The Kier molecular flexibility index (Phi) is 6.47. The molecule has 1 heterocycles. The Labute approximate surface area is 173 Å². The second kappa shape index (κ2) is 9.03. The Morgan fingerprint density at radius 2 is 2.07 bits per heavy atom. The van der Waals surface area contributed by atoms with Gasteiger partial charge in [0.1, 0.15) is 11.5 Å². The standard InChI is InChI=1S/C21H20ClFN4O2/c1-4-16-18(22)13-17(21(28)26(2)29-3)19(14-8-7-9-15(23)12-14)20(16)24-25-27-10-5-6-11-27/h1,7-9,12-13H,5-6,10-11H2,2-3H3. The van der Waals surface area contributed by atoms with Crippen molar-refractivity contribution in [2.45, 2.75) is 12.8 Å². The van der Waals surface area contributed by atoms with Crippen LogP contribution in [-0.4, -0.2) is 43.2 Å². The van der Waals surface area contributed by atoms with Gasteiger partial charge in [0.2, 0.25) is 0 Å². The molecule has 1 amide bonds. The van der Waals surface area contributed by atoms with Gasteiger partial charge in [0.15, 0.2) is 0 Å². The lowest BCUT2D eigenvalue weighted by molar-refractivity contribution is -0.0756. The molecule has 29 heavy (non-hydrogen) atoms. The molecule has 1 aliphatic heterocycles. The zero-order valence-corrected chi connectivity index (χ0v) is 16.9. The summed E-state index contributed by atoms with van der Waals surface area (Å²) in [7, 11) is 2.83. The number of carbonyl (C=O) groups excluding carboxylic acids is 1. The highest BCUT2D eigenvalue weighted by molar-refractivity contribution is 6.33. The van der Waals surface area contributed by atoms with Crippen molar-refractivity contribution in [3.05, 3.63) is 52.3 Å². The molecule has 1 saturated heterocycles. The minimum atomic E-state index is -0.477. The first-order chi connectivity index (χ1) is 14.0. The van der Waals surface area contributed by atoms with E-state index in [1.807, 2.05) is 5.01 Å². The van der Waals surface area contributed by atoms with Crippen molar-refractivity contribution in [1.29, 1.82) is 0 Å². The van der Waals surface area contributed by atoms with Gasteiger partial charge in [-0.2, -0.15) is 0 Å². The molecule has 0 unspecified atom stereocenters. The first-order valence-corrected chi connectivity index (χ1v) is 9.42. The molecule has 0 bridgehead atoms. The number of rotatable bonds is 5. The smallest absolute Gasteiger partial charge is 0.277 e. The summed E-state index contributed by atoms with van der Waals surface area (Å²) in [6.45, 7) is 1.56. The van der Waals surface area contributed by atoms with Crippen molar-refractivity contribution in [2.75, 3.05) is 27.2 Å². The predicted molar refractivity (Wildman–Crippen MR) is 109 cm³/mol. The molecule has 1 aliphatic rings. The topological polar surface area (TPSA) is 57.5 Å². The number of benzene rings is 2. The maximum absolute atomic E-state index is 14.0. The Hall–Kier alpha value is -2.95. The van der Waals surface area contributed by atoms with Crippen LogP contribution in [0.25, 0.3) is 11.1 Å². The van der Waals surface area contributed by atoms with Crippen LogP contribution in [-0.2, 0) is 4.84 Å². The third kappa shape index (κ3) is 4.39. The number of nitrogens with zero attached hydrogens (tertiary/aromatic N) is 4. The molecule has 2 aromatic rings. The molecule has 0 aliphatic carbocycles. The van der Waals surface area contributed by atoms with Crippen LogP contribution in [0.5, 0.6) is 0 Å². The molecule has 2 aromatic carbocycles. The monoisotopic (exact) mass is 414 g/mol. The maximum Gasteiger partial charge on any atom is 0.277 e.